The van der Waals surface area contributed by atoms with Gasteiger partial charge in [-0.2, -0.15) is 0 Å². The van der Waals surface area contributed by atoms with Crippen molar-refractivity contribution in [1.82, 2.24) is 0 Å². The molecule has 2 aromatic rings. The average molecular weight is 260 g/mol. The van der Waals surface area contributed by atoms with Crippen LogP contribution >= 0.6 is 0 Å². The van der Waals surface area contributed by atoms with Crippen LogP contribution in [0, 0.1) is 5.82 Å². The number of hydrogen-bond acceptors (Lipinski definition) is 2. The van der Waals surface area contributed by atoms with E-state index in [1.165, 1.54) is 6.07 Å². The van der Waals surface area contributed by atoms with Crippen molar-refractivity contribution >= 4 is 0 Å². The fourth-order valence-electron chi connectivity index (χ4n) is 2.05. The van der Waals surface area contributed by atoms with E-state index >= 15 is 0 Å². The predicted molar refractivity (Wildman–Crippen MR) is 72.7 cm³/mol. The summed E-state index contributed by atoms with van der Waals surface area (Å²) in [6.45, 7) is 4.08. The van der Waals surface area contributed by atoms with Gasteiger partial charge < -0.3 is 9.84 Å². The Morgan fingerprint density at radius 3 is 2.32 bits per heavy atom. The molecule has 0 amide bonds. The zero-order chi connectivity index (χ0) is 13.9. The largest absolute Gasteiger partial charge is 0.494 e. The molecular weight excluding hydrogens is 243 g/mol. The van der Waals surface area contributed by atoms with Gasteiger partial charge in [-0.15, -0.1) is 0 Å². The lowest BCUT2D eigenvalue weighted by atomic mass is 9.88. The van der Waals surface area contributed by atoms with Crippen molar-refractivity contribution in [2.75, 3.05) is 6.61 Å². The maximum absolute atomic E-state index is 13.8. The SMILES string of the molecule is CCOc1ccc(C(C)(O)c2ccccc2F)cc1. The highest BCUT2D eigenvalue weighted by Gasteiger charge is 2.28. The molecule has 1 atom stereocenters. The molecule has 1 N–H and O–H groups in total. The van der Waals surface area contributed by atoms with Gasteiger partial charge in [-0.05, 0) is 37.6 Å². The van der Waals surface area contributed by atoms with Crippen LogP contribution in [0.15, 0.2) is 48.5 Å². The van der Waals surface area contributed by atoms with Crippen LogP contribution in [0.4, 0.5) is 4.39 Å². The van der Waals surface area contributed by atoms with Crippen LogP contribution in [0.5, 0.6) is 5.75 Å². The van der Waals surface area contributed by atoms with E-state index in [1.807, 2.05) is 6.92 Å². The van der Waals surface area contributed by atoms with Gasteiger partial charge in [0.15, 0.2) is 0 Å². The van der Waals surface area contributed by atoms with E-state index in [0.29, 0.717) is 12.2 Å². The molecule has 0 bridgehead atoms. The molecule has 1 unspecified atom stereocenters. The van der Waals surface area contributed by atoms with E-state index in [9.17, 15) is 9.50 Å². The number of rotatable bonds is 4. The van der Waals surface area contributed by atoms with Crippen molar-refractivity contribution in [1.29, 1.82) is 0 Å². The lowest BCUT2D eigenvalue weighted by Crippen LogP contribution is -2.24. The highest BCUT2D eigenvalue weighted by Crippen LogP contribution is 2.31. The van der Waals surface area contributed by atoms with E-state index in [-0.39, 0.29) is 5.56 Å². The second-order valence-electron chi connectivity index (χ2n) is 4.51. The summed E-state index contributed by atoms with van der Waals surface area (Å²) in [6, 6.07) is 13.3. The second-order valence-corrected chi connectivity index (χ2v) is 4.51. The van der Waals surface area contributed by atoms with Gasteiger partial charge in [0.05, 0.1) is 6.61 Å². The zero-order valence-electron chi connectivity index (χ0n) is 11.1. The third-order valence-electron chi connectivity index (χ3n) is 3.13. The van der Waals surface area contributed by atoms with Gasteiger partial charge in [0.2, 0.25) is 0 Å². The van der Waals surface area contributed by atoms with Crippen LogP contribution in [-0.4, -0.2) is 11.7 Å². The van der Waals surface area contributed by atoms with Crippen LogP contribution in [-0.2, 0) is 5.60 Å². The Morgan fingerprint density at radius 1 is 1.11 bits per heavy atom. The Bertz CT molecular complexity index is 547. The van der Waals surface area contributed by atoms with Crippen LogP contribution in [0.3, 0.4) is 0 Å². The number of hydrogen-bond donors (Lipinski definition) is 1. The molecule has 0 heterocycles. The predicted octanol–water partition coefficient (Wildman–Crippen LogP) is 3.48. The molecule has 2 rings (SSSR count). The smallest absolute Gasteiger partial charge is 0.129 e. The molecule has 0 saturated heterocycles. The quantitative estimate of drug-likeness (QED) is 0.912. The molecule has 0 saturated carbocycles. The lowest BCUT2D eigenvalue weighted by Gasteiger charge is -2.25. The fourth-order valence-corrected chi connectivity index (χ4v) is 2.05. The molecule has 0 spiro atoms. The van der Waals surface area contributed by atoms with Crippen LogP contribution in [0.1, 0.15) is 25.0 Å². The molecule has 0 aliphatic rings. The van der Waals surface area contributed by atoms with Crippen molar-refractivity contribution in [3.8, 4) is 5.75 Å². The minimum Gasteiger partial charge on any atom is -0.494 e. The van der Waals surface area contributed by atoms with E-state index in [0.717, 1.165) is 5.75 Å². The van der Waals surface area contributed by atoms with E-state index < -0.39 is 11.4 Å². The fraction of sp³-hybridized carbons (Fsp3) is 0.250. The van der Waals surface area contributed by atoms with E-state index in [4.69, 9.17) is 4.74 Å². The maximum atomic E-state index is 13.8. The van der Waals surface area contributed by atoms with Crippen LogP contribution < -0.4 is 4.74 Å². The second kappa shape index (κ2) is 5.41. The summed E-state index contributed by atoms with van der Waals surface area (Å²) < 4.78 is 19.1. The van der Waals surface area contributed by atoms with E-state index in [2.05, 4.69) is 0 Å². The minimum atomic E-state index is -1.36. The normalized spacial score (nSPS) is 13.9. The molecular formula is C16H17FO2. The Labute approximate surface area is 112 Å². The Hall–Kier alpha value is -1.87. The molecule has 100 valence electrons. The van der Waals surface area contributed by atoms with Gasteiger partial charge in [-0.25, -0.2) is 4.39 Å². The van der Waals surface area contributed by atoms with Gasteiger partial charge in [0.25, 0.3) is 0 Å². The molecule has 19 heavy (non-hydrogen) atoms. The van der Waals surface area contributed by atoms with Gasteiger partial charge in [0, 0.05) is 5.56 Å². The number of halogens is 1. The highest BCUT2D eigenvalue weighted by atomic mass is 19.1. The zero-order valence-corrected chi connectivity index (χ0v) is 11.1. The van der Waals surface area contributed by atoms with Gasteiger partial charge in [-0.1, -0.05) is 30.3 Å². The molecule has 2 nitrogen and oxygen atoms in total. The van der Waals surface area contributed by atoms with Gasteiger partial charge in [0.1, 0.15) is 17.2 Å². The molecule has 3 heteroatoms. The molecule has 0 radical (unpaired) electrons. The summed E-state index contributed by atoms with van der Waals surface area (Å²) in [6.07, 6.45) is 0. The topological polar surface area (TPSA) is 29.5 Å². The summed E-state index contributed by atoms with van der Waals surface area (Å²) >= 11 is 0. The maximum Gasteiger partial charge on any atom is 0.129 e. The molecule has 0 aliphatic heterocycles. The Morgan fingerprint density at radius 2 is 1.74 bits per heavy atom. The van der Waals surface area contributed by atoms with Crippen LogP contribution in [0.2, 0.25) is 0 Å². The number of benzene rings is 2. The van der Waals surface area contributed by atoms with Crippen molar-refractivity contribution in [2.24, 2.45) is 0 Å². The summed E-state index contributed by atoms with van der Waals surface area (Å²) in [7, 11) is 0. The lowest BCUT2D eigenvalue weighted by molar-refractivity contribution is 0.0979. The van der Waals surface area contributed by atoms with Gasteiger partial charge in [-0.3, -0.25) is 0 Å². The Balaban J connectivity index is 2.36. The van der Waals surface area contributed by atoms with Crippen molar-refractivity contribution in [2.45, 2.75) is 19.4 Å². The number of ether oxygens (including phenoxy) is 1. The summed E-state index contributed by atoms with van der Waals surface area (Å²) in [5.74, 6) is 0.317. The highest BCUT2D eigenvalue weighted by molar-refractivity contribution is 5.38. The molecule has 2 aromatic carbocycles. The van der Waals surface area contributed by atoms with Crippen LogP contribution in [0.25, 0.3) is 0 Å². The standard InChI is InChI=1S/C16H17FO2/c1-3-19-13-10-8-12(9-11-13)16(2,18)14-6-4-5-7-15(14)17/h4-11,18H,3H2,1-2H3. The summed E-state index contributed by atoms with van der Waals surface area (Å²) in [4.78, 5) is 0. The average Bonchev–Trinajstić information content (AvgIpc) is 2.40. The third-order valence-corrected chi connectivity index (χ3v) is 3.13. The monoisotopic (exact) mass is 260 g/mol. The first kappa shape index (κ1) is 13.6. The molecule has 0 fully saturated rings. The van der Waals surface area contributed by atoms with Crippen molar-refractivity contribution in [3.05, 3.63) is 65.5 Å². The number of aliphatic hydroxyl groups is 1. The van der Waals surface area contributed by atoms with Crippen molar-refractivity contribution in [3.63, 3.8) is 0 Å². The first-order valence-electron chi connectivity index (χ1n) is 6.26. The van der Waals surface area contributed by atoms with Crippen molar-refractivity contribution < 1.29 is 14.2 Å². The van der Waals surface area contributed by atoms with E-state index in [1.54, 1.807) is 49.4 Å². The molecule has 0 aliphatic carbocycles. The summed E-state index contributed by atoms with van der Waals surface area (Å²) in [5.41, 5.74) is -0.476. The first-order chi connectivity index (χ1) is 9.05. The minimum absolute atomic E-state index is 0.263. The first-order valence-corrected chi connectivity index (χ1v) is 6.26. The molecule has 0 aromatic heterocycles. The van der Waals surface area contributed by atoms with Gasteiger partial charge >= 0.3 is 0 Å². The Kier molecular flexibility index (Phi) is 3.86. The summed E-state index contributed by atoms with van der Waals surface area (Å²) in [5, 5.41) is 10.6. The third kappa shape index (κ3) is 2.76.